The Hall–Kier alpha value is -7.16. The summed E-state index contributed by atoms with van der Waals surface area (Å²) in [6, 6.07) is 70.1. The summed E-state index contributed by atoms with van der Waals surface area (Å²) in [4.78, 5) is 11.1. The maximum Gasteiger partial charge on any atom is 0.161 e. The molecule has 9 aromatic carbocycles. The first kappa shape index (κ1) is 33.2. The molecule has 1 aliphatic carbocycles. The van der Waals surface area contributed by atoms with Crippen LogP contribution in [0.3, 0.4) is 0 Å². The normalized spacial score (nSPS) is 12.9. The van der Waals surface area contributed by atoms with Crippen molar-refractivity contribution in [3.8, 4) is 67.3 Å². The summed E-state index contributed by atoms with van der Waals surface area (Å²) >= 11 is 0. The molecule has 268 valence electrons. The topological polar surface area (TPSA) is 25.8 Å². The molecule has 11 rings (SSSR count). The molecule has 0 fully saturated rings. The summed E-state index contributed by atoms with van der Waals surface area (Å²) < 4.78 is 0. The molecule has 0 saturated heterocycles. The SMILES string of the molecule is CC1(C)c2ccccc2-c2c(-c3cccc(-c4cc(-c5ccccc5-c5ccccc5)nc(-c5c6ccccc6cc6c5ccc5ccccc56)n4)c3)cccc21. The van der Waals surface area contributed by atoms with Crippen molar-refractivity contribution in [1.29, 1.82) is 0 Å². The predicted octanol–water partition coefficient (Wildman–Crippen LogP) is 14.6. The molecule has 2 nitrogen and oxygen atoms in total. The molecule has 0 spiro atoms. The van der Waals surface area contributed by atoms with Crippen molar-refractivity contribution in [2.24, 2.45) is 0 Å². The van der Waals surface area contributed by atoms with E-state index in [9.17, 15) is 0 Å². The largest absolute Gasteiger partial charge is 0.228 e. The second-order valence-corrected chi connectivity index (χ2v) is 15.7. The Bertz CT molecular complexity index is 3210. The zero-order chi connectivity index (χ0) is 38.1. The van der Waals surface area contributed by atoms with Gasteiger partial charge in [0.15, 0.2) is 5.82 Å². The highest BCUT2D eigenvalue weighted by atomic mass is 14.9. The molecule has 0 N–H and O–H groups in total. The van der Waals surface area contributed by atoms with E-state index < -0.39 is 0 Å². The fourth-order valence-corrected chi connectivity index (χ4v) is 9.32. The molecule has 0 saturated carbocycles. The molecule has 1 heterocycles. The van der Waals surface area contributed by atoms with Crippen LogP contribution < -0.4 is 0 Å². The highest BCUT2D eigenvalue weighted by Crippen LogP contribution is 2.52. The van der Waals surface area contributed by atoms with Crippen LogP contribution in [-0.4, -0.2) is 9.97 Å². The van der Waals surface area contributed by atoms with E-state index in [-0.39, 0.29) is 5.41 Å². The average Bonchev–Trinajstić information content (AvgIpc) is 3.51. The summed E-state index contributed by atoms with van der Waals surface area (Å²) in [5, 5.41) is 7.08. The second-order valence-electron chi connectivity index (χ2n) is 15.7. The Kier molecular flexibility index (Phi) is 7.55. The van der Waals surface area contributed by atoms with Crippen molar-refractivity contribution < 1.29 is 0 Å². The van der Waals surface area contributed by atoms with E-state index in [1.54, 1.807) is 0 Å². The fourth-order valence-electron chi connectivity index (χ4n) is 9.32. The van der Waals surface area contributed by atoms with Crippen LogP contribution in [0.2, 0.25) is 0 Å². The highest BCUT2D eigenvalue weighted by molar-refractivity contribution is 6.19. The minimum absolute atomic E-state index is 0.0747. The van der Waals surface area contributed by atoms with E-state index in [0.717, 1.165) is 50.0 Å². The molecule has 2 heteroatoms. The standard InChI is InChI=1S/C55H38N2/c1-55(2)48-28-13-12-26-46(48)52-42(27-15-29-49(52)55)37-20-14-21-39(32-37)50-34-51(44-25-11-10-22-40(44)35-16-4-3-5-17-35)57-54(56-50)53-43-24-9-7-19-38(43)33-47-41-23-8-6-18-36(41)30-31-45(47)53/h3-34H,1-2H3. The number of hydrogen-bond donors (Lipinski definition) is 0. The van der Waals surface area contributed by atoms with E-state index >= 15 is 0 Å². The number of hydrogen-bond acceptors (Lipinski definition) is 2. The third-order valence-corrected chi connectivity index (χ3v) is 12.1. The smallest absolute Gasteiger partial charge is 0.161 e. The molecule has 10 aromatic rings. The van der Waals surface area contributed by atoms with E-state index in [0.29, 0.717) is 5.82 Å². The van der Waals surface area contributed by atoms with Crippen LogP contribution in [0.5, 0.6) is 0 Å². The molecule has 0 aliphatic heterocycles. The maximum absolute atomic E-state index is 5.54. The summed E-state index contributed by atoms with van der Waals surface area (Å²) in [6.07, 6.45) is 0. The molecule has 1 aliphatic rings. The van der Waals surface area contributed by atoms with Gasteiger partial charge < -0.3 is 0 Å². The summed E-state index contributed by atoms with van der Waals surface area (Å²) in [5.41, 5.74) is 14.9. The number of rotatable bonds is 5. The third kappa shape index (κ3) is 5.33. The minimum atomic E-state index is -0.0747. The van der Waals surface area contributed by atoms with Gasteiger partial charge in [0.1, 0.15) is 0 Å². The number of benzene rings is 9. The van der Waals surface area contributed by atoms with Crippen molar-refractivity contribution in [2.45, 2.75) is 19.3 Å². The van der Waals surface area contributed by atoms with E-state index in [1.165, 1.54) is 54.9 Å². The van der Waals surface area contributed by atoms with Crippen molar-refractivity contribution in [1.82, 2.24) is 9.97 Å². The molecule has 0 bridgehead atoms. The van der Waals surface area contributed by atoms with Gasteiger partial charge in [-0.2, -0.15) is 0 Å². The Morgan fingerprint density at radius 2 is 0.947 bits per heavy atom. The van der Waals surface area contributed by atoms with Crippen LogP contribution >= 0.6 is 0 Å². The molecule has 1 aromatic heterocycles. The molecule has 0 radical (unpaired) electrons. The molecule has 0 unspecified atom stereocenters. The lowest BCUT2D eigenvalue weighted by molar-refractivity contribution is 0.660. The molecule has 0 amide bonds. The van der Waals surface area contributed by atoms with Crippen molar-refractivity contribution in [2.75, 3.05) is 0 Å². The Morgan fingerprint density at radius 1 is 0.333 bits per heavy atom. The van der Waals surface area contributed by atoms with Crippen LogP contribution in [0.15, 0.2) is 194 Å². The Balaban J connectivity index is 1.18. The summed E-state index contributed by atoms with van der Waals surface area (Å²) in [7, 11) is 0. The van der Waals surface area contributed by atoms with Crippen molar-refractivity contribution in [3.05, 3.63) is 205 Å². The summed E-state index contributed by atoms with van der Waals surface area (Å²) in [6.45, 7) is 4.68. The first-order valence-electron chi connectivity index (χ1n) is 19.7. The number of aromatic nitrogens is 2. The van der Waals surface area contributed by atoms with Gasteiger partial charge in [-0.15, -0.1) is 0 Å². The molecule has 57 heavy (non-hydrogen) atoms. The van der Waals surface area contributed by atoms with Gasteiger partial charge in [0.2, 0.25) is 0 Å². The molecular formula is C55H38N2. The van der Waals surface area contributed by atoms with Crippen LogP contribution in [0, 0.1) is 0 Å². The first-order valence-corrected chi connectivity index (χ1v) is 19.7. The number of nitrogens with zero attached hydrogens (tertiary/aromatic N) is 2. The van der Waals surface area contributed by atoms with E-state index in [1.807, 2.05) is 0 Å². The lowest BCUT2D eigenvalue weighted by atomic mass is 9.82. The quantitative estimate of drug-likeness (QED) is 0.130. The van der Waals surface area contributed by atoms with Crippen LogP contribution in [0.25, 0.3) is 99.6 Å². The molecule has 0 atom stereocenters. The Labute approximate surface area is 332 Å². The van der Waals surface area contributed by atoms with Crippen LogP contribution in [-0.2, 0) is 5.41 Å². The monoisotopic (exact) mass is 726 g/mol. The zero-order valence-corrected chi connectivity index (χ0v) is 31.9. The zero-order valence-electron chi connectivity index (χ0n) is 31.9. The van der Waals surface area contributed by atoms with E-state index in [4.69, 9.17) is 9.97 Å². The lowest BCUT2D eigenvalue weighted by Crippen LogP contribution is -2.14. The summed E-state index contributed by atoms with van der Waals surface area (Å²) in [5.74, 6) is 0.712. The van der Waals surface area contributed by atoms with Gasteiger partial charge in [-0.25, -0.2) is 9.97 Å². The van der Waals surface area contributed by atoms with E-state index in [2.05, 4.69) is 208 Å². The third-order valence-electron chi connectivity index (χ3n) is 12.1. The first-order chi connectivity index (χ1) is 28.0. The number of fused-ring (bicyclic) bond motifs is 7. The predicted molar refractivity (Wildman–Crippen MR) is 239 cm³/mol. The lowest BCUT2D eigenvalue weighted by Gasteiger charge is -2.21. The van der Waals surface area contributed by atoms with Gasteiger partial charge >= 0.3 is 0 Å². The average molecular weight is 727 g/mol. The van der Waals surface area contributed by atoms with Gasteiger partial charge in [-0.05, 0) is 95.0 Å². The molecular weight excluding hydrogens is 689 g/mol. The minimum Gasteiger partial charge on any atom is -0.228 e. The van der Waals surface area contributed by atoms with Crippen molar-refractivity contribution >= 4 is 32.3 Å². The van der Waals surface area contributed by atoms with Gasteiger partial charge in [0, 0.05) is 22.1 Å². The van der Waals surface area contributed by atoms with Gasteiger partial charge in [-0.1, -0.05) is 190 Å². The van der Waals surface area contributed by atoms with Gasteiger partial charge in [-0.3, -0.25) is 0 Å². The van der Waals surface area contributed by atoms with Gasteiger partial charge in [0.25, 0.3) is 0 Å². The maximum atomic E-state index is 5.54. The Morgan fingerprint density at radius 3 is 1.81 bits per heavy atom. The van der Waals surface area contributed by atoms with Crippen molar-refractivity contribution in [3.63, 3.8) is 0 Å². The fraction of sp³-hybridized carbons (Fsp3) is 0.0545. The second kappa shape index (κ2) is 13.0. The van der Waals surface area contributed by atoms with Gasteiger partial charge in [0.05, 0.1) is 11.4 Å². The van der Waals surface area contributed by atoms with Crippen LogP contribution in [0.4, 0.5) is 0 Å². The highest BCUT2D eigenvalue weighted by Gasteiger charge is 2.36. The van der Waals surface area contributed by atoms with Crippen LogP contribution in [0.1, 0.15) is 25.0 Å².